The Labute approximate surface area is 125 Å². The van der Waals surface area contributed by atoms with Gasteiger partial charge in [-0.3, -0.25) is 14.4 Å². The molecule has 0 fully saturated rings. The van der Waals surface area contributed by atoms with Gasteiger partial charge in [-0.25, -0.2) is 4.72 Å². The zero-order valence-electron chi connectivity index (χ0n) is 10.6. The van der Waals surface area contributed by atoms with Crippen LogP contribution in [-0.4, -0.2) is 62.7 Å². The van der Waals surface area contributed by atoms with Crippen LogP contribution in [0.3, 0.4) is 0 Å². The van der Waals surface area contributed by atoms with E-state index in [1.807, 2.05) is 0 Å². The molecule has 116 valence electrons. The van der Waals surface area contributed by atoms with Gasteiger partial charge >= 0.3 is 11.9 Å². The number of ketones is 1. The van der Waals surface area contributed by atoms with Crippen LogP contribution in [0.5, 0.6) is 0 Å². The molecule has 0 aliphatic heterocycles. The Balaban J connectivity index is 3.96. The lowest BCUT2D eigenvalue weighted by Crippen LogP contribution is -2.36. The third-order valence-corrected chi connectivity index (χ3v) is 3.64. The van der Waals surface area contributed by atoms with E-state index in [0.29, 0.717) is 0 Å². The van der Waals surface area contributed by atoms with Gasteiger partial charge in [-0.05, 0) is 6.42 Å². The van der Waals surface area contributed by atoms with E-state index in [-0.39, 0.29) is 24.3 Å². The molecule has 0 aliphatic carbocycles. The van der Waals surface area contributed by atoms with Crippen molar-refractivity contribution >= 4 is 42.3 Å². The summed E-state index contributed by atoms with van der Waals surface area (Å²) in [5, 5.41) is 26.8. The number of carbonyl (C=O) groups is 3. The van der Waals surface area contributed by atoms with Gasteiger partial charge in [0.2, 0.25) is 0 Å². The fourth-order valence-corrected chi connectivity index (χ4v) is 2.27. The number of carbonyl (C=O) groups excluding carboxylic acids is 1. The Bertz CT molecular complexity index is 355. The number of aliphatic carboxylic acids is 2. The van der Waals surface area contributed by atoms with Crippen LogP contribution in [0, 0.1) is 0 Å². The average Bonchev–Trinajstić information content (AvgIpc) is 2.39. The normalized spacial score (nSPS) is 15.3. The number of carboxylic acid groups (broad SMARTS) is 2. The second kappa shape index (κ2) is 10.00. The summed E-state index contributed by atoms with van der Waals surface area (Å²) < 4.78 is 2.55. The molecular formula is C10H18N2O6S2. The van der Waals surface area contributed by atoms with Gasteiger partial charge in [0, 0.05) is 17.9 Å². The van der Waals surface area contributed by atoms with Crippen molar-refractivity contribution in [3.05, 3.63) is 0 Å². The molecule has 0 saturated heterocycles. The van der Waals surface area contributed by atoms with E-state index >= 15 is 0 Å². The summed E-state index contributed by atoms with van der Waals surface area (Å²) in [5.74, 6) is -2.80. The molecule has 6 N–H and O–H groups in total. The van der Waals surface area contributed by atoms with Crippen molar-refractivity contribution in [2.75, 3.05) is 11.5 Å². The lowest BCUT2D eigenvalue weighted by atomic mass is 10.1. The molecule has 0 aromatic rings. The van der Waals surface area contributed by atoms with Crippen molar-refractivity contribution in [2.45, 2.75) is 31.0 Å². The summed E-state index contributed by atoms with van der Waals surface area (Å²) in [6.07, 6.45) is -1.51. The Morgan fingerprint density at radius 2 is 1.85 bits per heavy atom. The standard InChI is InChI=1S/C10H18N2O6S2/c11-5(9(15)16)1-2-7(13)8(14)4-20-12-6(3-19)10(17)18/h5-6,8,12,14,19H,1-4,11H2,(H,15,16)(H,17,18)/t5-,6-,8?/m0/s1. The fraction of sp³-hybridized carbons (Fsp3) is 0.700. The van der Waals surface area contributed by atoms with E-state index in [2.05, 4.69) is 17.4 Å². The molecule has 0 heterocycles. The molecule has 0 bridgehead atoms. The summed E-state index contributed by atoms with van der Waals surface area (Å²) in [6, 6.07) is -2.02. The van der Waals surface area contributed by atoms with Gasteiger partial charge in [0.05, 0.1) is 0 Å². The van der Waals surface area contributed by atoms with Crippen LogP contribution >= 0.6 is 24.6 Å². The van der Waals surface area contributed by atoms with E-state index in [0.717, 1.165) is 11.9 Å². The van der Waals surface area contributed by atoms with Crippen molar-refractivity contribution in [2.24, 2.45) is 5.73 Å². The number of hydrogen-bond acceptors (Lipinski definition) is 8. The minimum atomic E-state index is -1.30. The molecule has 0 aromatic carbocycles. The Kier molecular flexibility index (Phi) is 9.59. The lowest BCUT2D eigenvalue weighted by Gasteiger charge is -2.13. The molecular weight excluding hydrogens is 308 g/mol. The van der Waals surface area contributed by atoms with Crippen molar-refractivity contribution in [1.29, 1.82) is 0 Å². The largest absolute Gasteiger partial charge is 0.480 e. The topological polar surface area (TPSA) is 150 Å². The lowest BCUT2D eigenvalue weighted by molar-refractivity contribution is -0.139. The summed E-state index contributed by atoms with van der Waals surface area (Å²) in [4.78, 5) is 32.6. The molecule has 0 rings (SSSR count). The highest BCUT2D eigenvalue weighted by atomic mass is 32.2. The van der Waals surface area contributed by atoms with E-state index < -0.39 is 35.9 Å². The maximum absolute atomic E-state index is 11.5. The van der Waals surface area contributed by atoms with Crippen molar-refractivity contribution in [3.63, 3.8) is 0 Å². The monoisotopic (exact) mass is 326 g/mol. The summed E-state index contributed by atoms with van der Waals surface area (Å²) in [7, 11) is 0. The van der Waals surface area contributed by atoms with Crippen LogP contribution in [0.2, 0.25) is 0 Å². The summed E-state index contributed by atoms with van der Waals surface area (Å²) in [5.41, 5.74) is 5.23. The van der Waals surface area contributed by atoms with E-state index in [1.54, 1.807) is 0 Å². The number of carboxylic acids is 2. The molecule has 0 aromatic heterocycles. The molecule has 0 amide bonds. The predicted molar refractivity (Wildman–Crippen MR) is 76.7 cm³/mol. The van der Waals surface area contributed by atoms with Gasteiger partial charge in [0.1, 0.15) is 18.2 Å². The maximum Gasteiger partial charge on any atom is 0.322 e. The molecule has 20 heavy (non-hydrogen) atoms. The minimum Gasteiger partial charge on any atom is -0.480 e. The molecule has 0 aliphatic rings. The second-order valence-electron chi connectivity index (χ2n) is 3.97. The minimum absolute atomic E-state index is 0.0430. The Morgan fingerprint density at radius 3 is 2.30 bits per heavy atom. The Morgan fingerprint density at radius 1 is 1.25 bits per heavy atom. The molecule has 0 spiro atoms. The van der Waals surface area contributed by atoms with Gasteiger partial charge in [-0.1, -0.05) is 11.9 Å². The third kappa shape index (κ3) is 7.70. The smallest absolute Gasteiger partial charge is 0.322 e. The SMILES string of the molecule is N[C@@H](CCC(=O)C(O)CSN[C@@H](CS)C(=O)O)C(=O)O. The van der Waals surface area contributed by atoms with Crippen LogP contribution in [0.4, 0.5) is 0 Å². The van der Waals surface area contributed by atoms with Gasteiger partial charge < -0.3 is 21.1 Å². The third-order valence-electron chi connectivity index (χ3n) is 2.34. The zero-order valence-corrected chi connectivity index (χ0v) is 12.3. The van der Waals surface area contributed by atoms with Gasteiger partial charge in [-0.15, -0.1) is 0 Å². The molecule has 3 atom stereocenters. The fourth-order valence-electron chi connectivity index (χ4n) is 1.07. The first-order chi connectivity index (χ1) is 9.29. The van der Waals surface area contributed by atoms with Crippen molar-refractivity contribution in [1.82, 2.24) is 4.72 Å². The number of hydrogen-bond donors (Lipinski definition) is 6. The Hall–Kier alpha value is -0.810. The average molecular weight is 326 g/mol. The summed E-state index contributed by atoms with van der Waals surface area (Å²) >= 11 is 4.73. The highest BCUT2D eigenvalue weighted by Crippen LogP contribution is 2.06. The highest BCUT2D eigenvalue weighted by molar-refractivity contribution is 7.97. The number of rotatable bonds is 11. The molecule has 8 nitrogen and oxygen atoms in total. The van der Waals surface area contributed by atoms with Crippen molar-refractivity contribution < 1.29 is 29.7 Å². The van der Waals surface area contributed by atoms with Crippen LogP contribution < -0.4 is 10.5 Å². The van der Waals surface area contributed by atoms with Crippen LogP contribution in [0.25, 0.3) is 0 Å². The molecule has 0 radical (unpaired) electrons. The zero-order chi connectivity index (χ0) is 15.7. The van der Waals surface area contributed by atoms with Crippen LogP contribution in [0.15, 0.2) is 0 Å². The first-order valence-corrected chi connectivity index (χ1v) is 7.31. The molecule has 10 heteroatoms. The number of aliphatic hydroxyl groups excluding tert-OH is 1. The number of Topliss-reactive ketones (excluding diaryl/α,β-unsaturated/α-hetero) is 1. The number of thiol groups is 1. The quantitative estimate of drug-likeness (QED) is 0.202. The van der Waals surface area contributed by atoms with Crippen LogP contribution in [0.1, 0.15) is 12.8 Å². The molecule has 0 saturated carbocycles. The molecule has 1 unspecified atom stereocenters. The second-order valence-corrected chi connectivity index (χ2v) is 5.19. The first kappa shape index (κ1) is 19.2. The predicted octanol–water partition coefficient (Wildman–Crippen LogP) is -1.27. The van der Waals surface area contributed by atoms with Gasteiger partial charge in [-0.2, -0.15) is 12.6 Å². The van der Waals surface area contributed by atoms with Crippen LogP contribution in [-0.2, 0) is 14.4 Å². The van der Waals surface area contributed by atoms with Gasteiger partial charge in [0.15, 0.2) is 5.78 Å². The first-order valence-electron chi connectivity index (χ1n) is 5.69. The van der Waals surface area contributed by atoms with E-state index in [9.17, 15) is 19.5 Å². The number of nitrogens with two attached hydrogens (primary N) is 1. The van der Waals surface area contributed by atoms with Crippen molar-refractivity contribution in [3.8, 4) is 0 Å². The van der Waals surface area contributed by atoms with E-state index in [4.69, 9.17) is 15.9 Å². The summed E-state index contributed by atoms with van der Waals surface area (Å²) in [6.45, 7) is 0. The highest BCUT2D eigenvalue weighted by Gasteiger charge is 2.20. The van der Waals surface area contributed by atoms with E-state index in [1.165, 1.54) is 0 Å². The van der Waals surface area contributed by atoms with Gasteiger partial charge in [0.25, 0.3) is 0 Å². The number of nitrogens with one attached hydrogen (secondary N) is 1. The maximum atomic E-state index is 11.5. The number of aliphatic hydroxyl groups is 1.